The zero-order valence-corrected chi connectivity index (χ0v) is 9.07. The van der Waals surface area contributed by atoms with Crippen molar-refractivity contribution in [3.8, 4) is 0 Å². The normalized spacial score (nSPS) is 13.5. The Labute approximate surface area is 82.9 Å². The number of carbonyl (C=O) groups is 1. The maximum Gasteiger partial charge on any atom is 0.238 e. The van der Waals surface area contributed by atoms with E-state index in [1.54, 1.807) is 0 Å². The first kappa shape index (κ1) is 12.4. The Balaban J connectivity index is 4.22. The second kappa shape index (κ2) is 4.62. The lowest BCUT2D eigenvalue weighted by atomic mass is 10.4. The summed E-state index contributed by atoms with van der Waals surface area (Å²) in [5, 5.41) is 1.54. The van der Waals surface area contributed by atoms with E-state index in [1.807, 2.05) is 0 Å². The molecule has 4 nitrogen and oxygen atoms in total. The van der Waals surface area contributed by atoms with Gasteiger partial charge in [0, 0.05) is 11.3 Å². The van der Waals surface area contributed by atoms with Gasteiger partial charge in [0.2, 0.25) is 5.91 Å². The highest BCUT2D eigenvalue weighted by molar-refractivity contribution is 7.92. The SMILES string of the molecule is C=C(Cl)CNC(=O)C(C)S(C)(=O)=O. The lowest BCUT2D eigenvalue weighted by molar-refractivity contribution is -0.120. The summed E-state index contributed by atoms with van der Waals surface area (Å²) in [6, 6.07) is 0. The minimum absolute atomic E-state index is 0.0836. The van der Waals surface area contributed by atoms with E-state index in [2.05, 4.69) is 11.9 Å². The molecule has 0 radical (unpaired) electrons. The lowest BCUT2D eigenvalue weighted by Gasteiger charge is -2.09. The molecule has 0 aromatic rings. The van der Waals surface area contributed by atoms with Crippen molar-refractivity contribution in [2.75, 3.05) is 12.8 Å². The first-order valence-electron chi connectivity index (χ1n) is 3.55. The Hall–Kier alpha value is -0.550. The van der Waals surface area contributed by atoms with Crippen LogP contribution in [0.3, 0.4) is 0 Å². The molecule has 0 aliphatic heterocycles. The average molecular weight is 226 g/mol. The van der Waals surface area contributed by atoms with Gasteiger partial charge in [-0.15, -0.1) is 0 Å². The van der Waals surface area contributed by atoms with E-state index >= 15 is 0 Å². The van der Waals surface area contributed by atoms with Crippen molar-refractivity contribution in [3.05, 3.63) is 11.6 Å². The van der Waals surface area contributed by atoms with Crippen LogP contribution >= 0.6 is 11.6 Å². The fourth-order valence-corrected chi connectivity index (χ4v) is 1.06. The van der Waals surface area contributed by atoms with E-state index in [-0.39, 0.29) is 11.6 Å². The number of amides is 1. The number of sulfone groups is 1. The van der Waals surface area contributed by atoms with Crippen molar-refractivity contribution in [2.24, 2.45) is 0 Å². The summed E-state index contributed by atoms with van der Waals surface area (Å²) in [6.45, 7) is 4.75. The average Bonchev–Trinajstić information content (AvgIpc) is 1.96. The van der Waals surface area contributed by atoms with Crippen LogP contribution < -0.4 is 5.32 Å². The van der Waals surface area contributed by atoms with Gasteiger partial charge in [0.15, 0.2) is 9.84 Å². The van der Waals surface area contributed by atoms with E-state index < -0.39 is 21.0 Å². The molecule has 6 heteroatoms. The van der Waals surface area contributed by atoms with E-state index in [4.69, 9.17) is 11.6 Å². The van der Waals surface area contributed by atoms with Crippen molar-refractivity contribution in [2.45, 2.75) is 12.2 Å². The summed E-state index contributed by atoms with van der Waals surface area (Å²) in [5.41, 5.74) is 0. The Morgan fingerprint density at radius 3 is 2.38 bits per heavy atom. The highest BCUT2D eigenvalue weighted by atomic mass is 35.5. The molecule has 1 atom stereocenters. The highest BCUT2D eigenvalue weighted by Gasteiger charge is 2.22. The number of rotatable bonds is 4. The van der Waals surface area contributed by atoms with E-state index in [0.29, 0.717) is 0 Å². The second-order valence-corrected chi connectivity index (χ2v) is 5.61. The molecule has 0 rings (SSSR count). The van der Waals surface area contributed by atoms with Gasteiger partial charge in [-0.2, -0.15) is 0 Å². The molecule has 1 unspecified atom stereocenters. The van der Waals surface area contributed by atoms with E-state index in [1.165, 1.54) is 6.92 Å². The van der Waals surface area contributed by atoms with Crippen molar-refractivity contribution < 1.29 is 13.2 Å². The number of hydrogen-bond donors (Lipinski definition) is 1. The van der Waals surface area contributed by atoms with Gasteiger partial charge in [-0.1, -0.05) is 18.2 Å². The van der Waals surface area contributed by atoms with Gasteiger partial charge in [0.1, 0.15) is 5.25 Å². The van der Waals surface area contributed by atoms with Gasteiger partial charge in [-0.25, -0.2) is 8.42 Å². The van der Waals surface area contributed by atoms with E-state index in [9.17, 15) is 13.2 Å². The zero-order chi connectivity index (χ0) is 10.6. The van der Waals surface area contributed by atoms with Crippen LogP contribution in [0.4, 0.5) is 0 Å². The Morgan fingerprint density at radius 1 is 1.62 bits per heavy atom. The molecule has 0 spiro atoms. The molecule has 1 N–H and O–H groups in total. The third-order valence-corrected chi connectivity index (χ3v) is 3.10. The fourth-order valence-electron chi connectivity index (χ4n) is 0.521. The summed E-state index contributed by atoms with van der Waals surface area (Å²) in [7, 11) is -3.33. The zero-order valence-electron chi connectivity index (χ0n) is 7.50. The molecule has 0 bridgehead atoms. The standard InChI is InChI=1S/C7H12ClNO3S/c1-5(8)4-9-7(10)6(2)13(3,11)12/h6H,1,4H2,2-3H3,(H,9,10). The van der Waals surface area contributed by atoms with Gasteiger partial charge in [0.25, 0.3) is 0 Å². The van der Waals surface area contributed by atoms with Crippen molar-refractivity contribution in [1.29, 1.82) is 0 Å². The van der Waals surface area contributed by atoms with Gasteiger partial charge in [0.05, 0.1) is 6.54 Å². The Morgan fingerprint density at radius 2 is 2.08 bits per heavy atom. The van der Waals surface area contributed by atoms with Crippen molar-refractivity contribution >= 4 is 27.3 Å². The first-order valence-corrected chi connectivity index (χ1v) is 5.88. The third kappa shape index (κ3) is 4.90. The number of hydrogen-bond acceptors (Lipinski definition) is 3. The van der Waals surface area contributed by atoms with Gasteiger partial charge < -0.3 is 5.32 Å². The molecule has 1 amide bonds. The lowest BCUT2D eigenvalue weighted by Crippen LogP contribution is -2.37. The minimum atomic E-state index is -3.33. The molecule has 0 heterocycles. The molecule has 13 heavy (non-hydrogen) atoms. The topological polar surface area (TPSA) is 63.2 Å². The molecule has 0 aliphatic rings. The van der Waals surface area contributed by atoms with Crippen molar-refractivity contribution in [3.63, 3.8) is 0 Å². The molecular formula is C7H12ClNO3S. The Bertz CT molecular complexity index is 310. The fraction of sp³-hybridized carbons (Fsp3) is 0.571. The smallest absolute Gasteiger partial charge is 0.238 e. The van der Waals surface area contributed by atoms with Crippen LogP contribution in [0.5, 0.6) is 0 Å². The molecule has 0 saturated heterocycles. The van der Waals surface area contributed by atoms with Crippen molar-refractivity contribution in [1.82, 2.24) is 5.32 Å². The minimum Gasteiger partial charge on any atom is -0.350 e. The van der Waals surface area contributed by atoms with E-state index in [0.717, 1.165) is 6.26 Å². The van der Waals surface area contributed by atoms with Crippen LogP contribution in [-0.4, -0.2) is 32.4 Å². The number of carbonyl (C=O) groups excluding carboxylic acids is 1. The molecule has 0 aliphatic carbocycles. The molecular weight excluding hydrogens is 214 g/mol. The largest absolute Gasteiger partial charge is 0.350 e. The molecule has 0 saturated carbocycles. The molecule has 0 fully saturated rings. The maximum absolute atomic E-state index is 11.1. The summed E-state index contributed by atoms with van der Waals surface area (Å²) in [4.78, 5) is 11.1. The van der Waals surface area contributed by atoms with Crippen LogP contribution in [-0.2, 0) is 14.6 Å². The number of nitrogens with one attached hydrogen (secondary N) is 1. The highest BCUT2D eigenvalue weighted by Crippen LogP contribution is 1.99. The summed E-state index contributed by atoms with van der Waals surface area (Å²) in [6.07, 6.45) is 1.01. The maximum atomic E-state index is 11.1. The predicted octanol–water partition coefficient (Wildman–Crippen LogP) is 0.288. The second-order valence-electron chi connectivity index (χ2n) is 2.71. The molecule has 76 valence electrons. The van der Waals surface area contributed by atoms with Crippen LogP contribution in [0, 0.1) is 0 Å². The van der Waals surface area contributed by atoms with Gasteiger partial charge in [-0.3, -0.25) is 4.79 Å². The number of halogens is 1. The van der Waals surface area contributed by atoms with Crippen LogP contribution in [0.15, 0.2) is 11.6 Å². The summed E-state index contributed by atoms with van der Waals surface area (Å²) < 4.78 is 21.8. The monoisotopic (exact) mass is 225 g/mol. The van der Waals surface area contributed by atoms with Crippen LogP contribution in [0.25, 0.3) is 0 Å². The summed E-state index contributed by atoms with van der Waals surface area (Å²) in [5.74, 6) is -0.565. The van der Waals surface area contributed by atoms with Crippen LogP contribution in [0.1, 0.15) is 6.92 Å². The van der Waals surface area contributed by atoms with Gasteiger partial charge in [-0.05, 0) is 6.92 Å². The van der Waals surface area contributed by atoms with Gasteiger partial charge >= 0.3 is 0 Å². The molecule has 0 aromatic carbocycles. The van der Waals surface area contributed by atoms with Crippen LogP contribution in [0.2, 0.25) is 0 Å². The predicted molar refractivity (Wildman–Crippen MR) is 52.3 cm³/mol. The summed E-state index contributed by atoms with van der Waals surface area (Å²) >= 11 is 5.38. The third-order valence-electron chi connectivity index (χ3n) is 1.47. The Kier molecular flexibility index (Phi) is 4.43. The molecule has 0 aromatic heterocycles. The first-order chi connectivity index (χ1) is 5.75. The quantitative estimate of drug-likeness (QED) is 0.748.